The van der Waals surface area contributed by atoms with Gasteiger partial charge in [-0.15, -0.1) is 0 Å². The van der Waals surface area contributed by atoms with E-state index in [1.165, 1.54) is 36.5 Å². The first-order valence-corrected chi connectivity index (χ1v) is 5.54. The standard InChI is InChI=1S/C14H10FN3O/c1-9-6-11(2-3-12(9)15)18-14(19)13-7-10(8-16)4-5-17-13/h2-7H,1H3,(H,18,19). The van der Waals surface area contributed by atoms with Crippen LogP contribution >= 0.6 is 0 Å². The third-order valence-corrected chi connectivity index (χ3v) is 2.54. The highest BCUT2D eigenvalue weighted by atomic mass is 19.1. The van der Waals surface area contributed by atoms with Gasteiger partial charge in [-0.05, 0) is 42.8 Å². The summed E-state index contributed by atoms with van der Waals surface area (Å²) in [6, 6.07) is 9.12. The fourth-order valence-corrected chi connectivity index (χ4v) is 1.54. The second kappa shape index (κ2) is 5.27. The lowest BCUT2D eigenvalue weighted by molar-refractivity contribution is 0.102. The van der Waals surface area contributed by atoms with E-state index < -0.39 is 5.91 Å². The third kappa shape index (κ3) is 2.93. The molecular formula is C14H10FN3O. The molecule has 0 fully saturated rings. The summed E-state index contributed by atoms with van der Waals surface area (Å²) in [4.78, 5) is 15.8. The van der Waals surface area contributed by atoms with E-state index in [9.17, 15) is 9.18 Å². The van der Waals surface area contributed by atoms with Gasteiger partial charge in [0.15, 0.2) is 0 Å². The van der Waals surface area contributed by atoms with Gasteiger partial charge < -0.3 is 5.32 Å². The molecule has 0 saturated heterocycles. The molecule has 1 heterocycles. The van der Waals surface area contributed by atoms with Crippen molar-refractivity contribution in [3.8, 4) is 6.07 Å². The second-order valence-corrected chi connectivity index (χ2v) is 3.96. The van der Waals surface area contributed by atoms with E-state index in [1.54, 1.807) is 6.92 Å². The molecule has 2 rings (SSSR count). The summed E-state index contributed by atoms with van der Waals surface area (Å²) in [5.74, 6) is -0.772. The summed E-state index contributed by atoms with van der Waals surface area (Å²) in [6.45, 7) is 1.61. The predicted molar refractivity (Wildman–Crippen MR) is 68.0 cm³/mol. The van der Waals surface area contributed by atoms with Gasteiger partial charge in [-0.25, -0.2) is 4.39 Å². The maximum atomic E-state index is 13.1. The molecular weight excluding hydrogens is 245 g/mol. The van der Waals surface area contributed by atoms with Crippen molar-refractivity contribution in [2.45, 2.75) is 6.92 Å². The highest BCUT2D eigenvalue weighted by molar-refractivity contribution is 6.03. The van der Waals surface area contributed by atoms with Crippen LogP contribution in [0.1, 0.15) is 21.6 Å². The lowest BCUT2D eigenvalue weighted by atomic mass is 10.2. The van der Waals surface area contributed by atoms with E-state index in [4.69, 9.17) is 5.26 Å². The number of aryl methyl sites for hydroxylation is 1. The van der Waals surface area contributed by atoms with Gasteiger partial charge in [-0.1, -0.05) is 0 Å². The van der Waals surface area contributed by atoms with E-state index in [0.717, 1.165) is 0 Å². The number of carbonyl (C=O) groups is 1. The first kappa shape index (κ1) is 12.7. The number of nitrogens with one attached hydrogen (secondary N) is 1. The number of nitriles is 1. The Bertz CT molecular complexity index is 677. The van der Waals surface area contributed by atoms with Crippen LogP contribution in [0.3, 0.4) is 0 Å². The number of anilines is 1. The van der Waals surface area contributed by atoms with Gasteiger partial charge >= 0.3 is 0 Å². The Morgan fingerprint density at radius 2 is 2.16 bits per heavy atom. The smallest absolute Gasteiger partial charge is 0.274 e. The lowest BCUT2D eigenvalue weighted by Crippen LogP contribution is -2.13. The molecule has 19 heavy (non-hydrogen) atoms. The quantitative estimate of drug-likeness (QED) is 0.897. The largest absolute Gasteiger partial charge is 0.321 e. The highest BCUT2D eigenvalue weighted by Crippen LogP contribution is 2.14. The van der Waals surface area contributed by atoms with Crippen molar-refractivity contribution in [2.24, 2.45) is 0 Å². The zero-order valence-electron chi connectivity index (χ0n) is 10.1. The number of carbonyl (C=O) groups excluding carboxylic acids is 1. The summed E-state index contributed by atoms with van der Waals surface area (Å²) in [5.41, 5.74) is 1.42. The Balaban J connectivity index is 2.21. The van der Waals surface area contributed by atoms with Crippen molar-refractivity contribution in [2.75, 3.05) is 5.32 Å². The lowest BCUT2D eigenvalue weighted by Gasteiger charge is -2.06. The molecule has 0 radical (unpaired) electrons. The Hall–Kier alpha value is -2.74. The fourth-order valence-electron chi connectivity index (χ4n) is 1.54. The maximum Gasteiger partial charge on any atom is 0.274 e. The maximum absolute atomic E-state index is 13.1. The zero-order chi connectivity index (χ0) is 13.8. The van der Waals surface area contributed by atoms with Crippen LogP contribution in [0.4, 0.5) is 10.1 Å². The van der Waals surface area contributed by atoms with Gasteiger partial charge in [0.2, 0.25) is 0 Å². The molecule has 5 heteroatoms. The van der Waals surface area contributed by atoms with Gasteiger partial charge in [0.1, 0.15) is 11.5 Å². The molecule has 0 spiro atoms. The predicted octanol–water partition coefficient (Wildman–Crippen LogP) is 2.65. The van der Waals surface area contributed by atoms with E-state index in [0.29, 0.717) is 16.8 Å². The topological polar surface area (TPSA) is 65.8 Å². The van der Waals surface area contributed by atoms with Gasteiger partial charge in [-0.2, -0.15) is 5.26 Å². The third-order valence-electron chi connectivity index (χ3n) is 2.54. The van der Waals surface area contributed by atoms with E-state index in [1.807, 2.05) is 6.07 Å². The minimum atomic E-state index is -0.442. The molecule has 1 N–H and O–H groups in total. The number of rotatable bonds is 2. The average molecular weight is 255 g/mol. The Labute approximate surface area is 109 Å². The molecule has 0 atom stereocenters. The number of halogens is 1. The molecule has 94 valence electrons. The molecule has 1 amide bonds. The number of hydrogen-bond acceptors (Lipinski definition) is 3. The summed E-state index contributed by atoms with van der Waals surface area (Å²) in [5, 5.41) is 11.3. The van der Waals surface area contributed by atoms with Crippen molar-refractivity contribution >= 4 is 11.6 Å². The fraction of sp³-hybridized carbons (Fsp3) is 0.0714. The van der Waals surface area contributed by atoms with Crippen molar-refractivity contribution in [3.63, 3.8) is 0 Å². The van der Waals surface area contributed by atoms with Gasteiger partial charge in [0, 0.05) is 11.9 Å². The van der Waals surface area contributed by atoms with Crippen LogP contribution in [-0.2, 0) is 0 Å². The SMILES string of the molecule is Cc1cc(NC(=O)c2cc(C#N)ccn2)ccc1F. The molecule has 4 nitrogen and oxygen atoms in total. The van der Waals surface area contributed by atoms with Crippen molar-refractivity contribution in [3.05, 3.63) is 59.2 Å². The van der Waals surface area contributed by atoms with Crippen LogP contribution in [0, 0.1) is 24.1 Å². The number of benzene rings is 1. The van der Waals surface area contributed by atoms with Crippen molar-refractivity contribution in [1.82, 2.24) is 4.98 Å². The molecule has 1 aromatic heterocycles. The molecule has 2 aromatic rings. The summed E-state index contributed by atoms with van der Waals surface area (Å²) in [6.07, 6.45) is 1.39. The first-order valence-electron chi connectivity index (χ1n) is 5.54. The molecule has 0 saturated carbocycles. The minimum absolute atomic E-state index is 0.140. The molecule has 0 aliphatic heterocycles. The summed E-state index contributed by atoms with van der Waals surface area (Å²) in [7, 11) is 0. The van der Waals surface area contributed by atoms with Crippen molar-refractivity contribution in [1.29, 1.82) is 5.26 Å². The average Bonchev–Trinajstić information content (AvgIpc) is 2.43. The molecule has 0 aliphatic rings. The molecule has 1 aromatic carbocycles. The Morgan fingerprint density at radius 3 is 2.84 bits per heavy atom. The van der Waals surface area contributed by atoms with Crippen LogP contribution in [-0.4, -0.2) is 10.9 Å². The Morgan fingerprint density at radius 1 is 1.37 bits per heavy atom. The highest BCUT2D eigenvalue weighted by Gasteiger charge is 2.09. The van der Waals surface area contributed by atoms with Gasteiger partial charge in [-0.3, -0.25) is 9.78 Å². The van der Waals surface area contributed by atoms with Crippen LogP contribution < -0.4 is 5.32 Å². The van der Waals surface area contributed by atoms with E-state index in [-0.39, 0.29) is 11.5 Å². The van der Waals surface area contributed by atoms with Gasteiger partial charge in [0.05, 0.1) is 11.6 Å². The van der Waals surface area contributed by atoms with E-state index in [2.05, 4.69) is 10.3 Å². The van der Waals surface area contributed by atoms with Crippen LogP contribution in [0.25, 0.3) is 0 Å². The first-order chi connectivity index (χ1) is 9.10. The minimum Gasteiger partial charge on any atom is -0.321 e. The van der Waals surface area contributed by atoms with Crippen LogP contribution in [0.2, 0.25) is 0 Å². The number of aromatic nitrogens is 1. The van der Waals surface area contributed by atoms with Gasteiger partial charge in [0.25, 0.3) is 5.91 Å². The number of amides is 1. The number of pyridine rings is 1. The molecule has 0 aliphatic carbocycles. The number of nitrogens with zero attached hydrogens (tertiary/aromatic N) is 2. The summed E-state index contributed by atoms with van der Waals surface area (Å²) >= 11 is 0. The van der Waals surface area contributed by atoms with Crippen LogP contribution in [0.15, 0.2) is 36.5 Å². The summed E-state index contributed by atoms with van der Waals surface area (Å²) < 4.78 is 13.1. The Kier molecular flexibility index (Phi) is 3.53. The number of hydrogen-bond donors (Lipinski definition) is 1. The molecule has 0 bridgehead atoms. The monoisotopic (exact) mass is 255 g/mol. The normalized spacial score (nSPS) is 9.74. The van der Waals surface area contributed by atoms with E-state index >= 15 is 0 Å². The van der Waals surface area contributed by atoms with Crippen molar-refractivity contribution < 1.29 is 9.18 Å². The second-order valence-electron chi connectivity index (χ2n) is 3.96. The molecule has 0 unspecified atom stereocenters. The zero-order valence-corrected chi connectivity index (χ0v) is 10.1. The van der Waals surface area contributed by atoms with Crippen LogP contribution in [0.5, 0.6) is 0 Å².